The van der Waals surface area contributed by atoms with Gasteiger partial charge >= 0.3 is 6.18 Å². The van der Waals surface area contributed by atoms with Crippen molar-refractivity contribution < 1.29 is 13.2 Å². The molecule has 0 unspecified atom stereocenters. The van der Waals surface area contributed by atoms with Crippen LogP contribution in [-0.2, 0) is 12.6 Å². The topological polar surface area (TPSA) is 38.7 Å². The van der Waals surface area contributed by atoms with Crippen molar-refractivity contribution in [3.8, 4) is 0 Å². The quantitative estimate of drug-likeness (QED) is 0.771. The molecule has 0 aliphatic carbocycles. The molecule has 2 aromatic rings. The van der Waals surface area contributed by atoms with Gasteiger partial charge in [-0.25, -0.2) is 15.0 Å². The molecule has 2 aromatic heterocycles. The smallest absolute Gasteiger partial charge is 0.249 e. The Morgan fingerprint density at radius 1 is 1.24 bits per heavy atom. The maximum Gasteiger partial charge on any atom is 0.417 e. The Balaban J connectivity index is 2.28. The summed E-state index contributed by atoms with van der Waals surface area (Å²) in [5.74, 6) is 0.583. The summed E-state index contributed by atoms with van der Waals surface area (Å²) in [5.41, 5.74) is -0.0981. The number of halogens is 4. The van der Waals surface area contributed by atoms with E-state index in [2.05, 4.69) is 15.0 Å². The highest BCUT2D eigenvalue weighted by molar-refractivity contribution is 7.99. The number of aryl methyl sites for hydroxylation is 1. The molecule has 0 aromatic carbocycles. The minimum absolute atomic E-state index is 0.344. The first-order valence-electron chi connectivity index (χ1n) is 6.05. The van der Waals surface area contributed by atoms with Crippen molar-refractivity contribution >= 4 is 23.4 Å². The number of rotatable bonds is 3. The fraction of sp³-hybridized carbons (Fsp3) is 0.308. The van der Waals surface area contributed by atoms with Crippen molar-refractivity contribution in [2.75, 3.05) is 0 Å². The molecule has 0 saturated carbocycles. The van der Waals surface area contributed by atoms with Gasteiger partial charge in [0.2, 0.25) is 0 Å². The second kappa shape index (κ2) is 6.19. The molecule has 2 rings (SSSR count). The van der Waals surface area contributed by atoms with Gasteiger partial charge in [-0.2, -0.15) is 13.2 Å². The zero-order valence-corrected chi connectivity index (χ0v) is 12.8. The van der Waals surface area contributed by atoms with Crippen LogP contribution in [0.2, 0.25) is 5.15 Å². The zero-order chi connectivity index (χ0) is 15.6. The fourth-order valence-electron chi connectivity index (χ4n) is 1.48. The summed E-state index contributed by atoms with van der Waals surface area (Å²) >= 11 is 7.18. The van der Waals surface area contributed by atoms with Crippen molar-refractivity contribution in [1.82, 2.24) is 15.0 Å². The van der Waals surface area contributed by atoms with Gasteiger partial charge < -0.3 is 0 Å². The fourth-order valence-corrected chi connectivity index (χ4v) is 2.56. The van der Waals surface area contributed by atoms with Crippen molar-refractivity contribution in [3.05, 3.63) is 40.4 Å². The van der Waals surface area contributed by atoms with Crippen LogP contribution in [-0.4, -0.2) is 15.0 Å². The molecule has 0 N–H and O–H groups in total. The summed E-state index contributed by atoms with van der Waals surface area (Å²) in [7, 11) is 0. The molecule has 0 radical (unpaired) electrons. The molecule has 0 atom stereocenters. The van der Waals surface area contributed by atoms with Crippen LogP contribution in [0.1, 0.15) is 23.9 Å². The standard InChI is InChI=1S/C13H11ClF3N3S/c1-3-9-19-11(14)7(2)12(20-9)21-10-5-4-8(6-18-10)13(15,16)17/h4-6H,3H2,1-2H3. The van der Waals surface area contributed by atoms with Gasteiger partial charge in [0, 0.05) is 18.2 Å². The Morgan fingerprint density at radius 2 is 1.95 bits per heavy atom. The first-order chi connectivity index (χ1) is 9.81. The van der Waals surface area contributed by atoms with E-state index in [9.17, 15) is 13.2 Å². The number of aromatic nitrogens is 3. The molecule has 0 fully saturated rings. The molecule has 0 amide bonds. The number of pyridine rings is 1. The number of alkyl halides is 3. The van der Waals surface area contributed by atoms with Crippen LogP contribution in [0, 0.1) is 6.92 Å². The molecule has 8 heteroatoms. The van der Waals surface area contributed by atoms with Crippen molar-refractivity contribution in [1.29, 1.82) is 0 Å². The van der Waals surface area contributed by atoms with Gasteiger partial charge in [0.05, 0.1) is 5.56 Å². The first kappa shape index (κ1) is 16.0. The van der Waals surface area contributed by atoms with Gasteiger partial charge in [-0.05, 0) is 30.8 Å². The lowest BCUT2D eigenvalue weighted by atomic mass is 10.3. The van der Waals surface area contributed by atoms with Crippen LogP contribution in [0.4, 0.5) is 13.2 Å². The van der Waals surface area contributed by atoms with Crippen molar-refractivity contribution in [3.63, 3.8) is 0 Å². The lowest BCUT2D eigenvalue weighted by molar-refractivity contribution is -0.137. The molecule has 21 heavy (non-hydrogen) atoms. The Kier molecular flexibility index (Phi) is 4.73. The molecule has 3 nitrogen and oxygen atoms in total. The van der Waals surface area contributed by atoms with E-state index >= 15 is 0 Å². The molecular weight excluding hydrogens is 323 g/mol. The lowest BCUT2D eigenvalue weighted by Crippen LogP contribution is -2.05. The predicted molar refractivity (Wildman–Crippen MR) is 74.5 cm³/mol. The summed E-state index contributed by atoms with van der Waals surface area (Å²) in [6.07, 6.45) is -2.96. The molecule has 0 spiro atoms. The van der Waals surface area contributed by atoms with Crippen molar-refractivity contribution in [2.24, 2.45) is 0 Å². The normalized spacial score (nSPS) is 11.7. The average Bonchev–Trinajstić information content (AvgIpc) is 2.43. The molecule has 0 aliphatic heterocycles. The van der Waals surface area contributed by atoms with E-state index in [0.29, 0.717) is 33.0 Å². The van der Waals surface area contributed by atoms with Crippen LogP contribution in [0.15, 0.2) is 28.4 Å². The van der Waals surface area contributed by atoms with E-state index in [4.69, 9.17) is 11.6 Å². The highest BCUT2D eigenvalue weighted by Crippen LogP contribution is 2.33. The predicted octanol–water partition coefficient (Wildman–Crippen LogP) is 4.57. The maximum absolute atomic E-state index is 12.5. The van der Waals surface area contributed by atoms with Crippen LogP contribution in [0.5, 0.6) is 0 Å². The first-order valence-corrected chi connectivity index (χ1v) is 7.24. The van der Waals surface area contributed by atoms with Crippen LogP contribution >= 0.6 is 23.4 Å². The highest BCUT2D eigenvalue weighted by atomic mass is 35.5. The van der Waals surface area contributed by atoms with Crippen molar-refractivity contribution in [2.45, 2.75) is 36.5 Å². The maximum atomic E-state index is 12.5. The SMILES string of the molecule is CCc1nc(Cl)c(C)c(Sc2ccc(C(F)(F)F)cn2)n1. The van der Waals surface area contributed by atoms with Gasteiger partial charge in [0.1, 0.15) is 21.0 Å². The minimum Gasteiger partial charge on any atom is -0.249 e. The molecule has 0 bridgehead atoms. The van der Waals surface area contributed by atoms with Gasteiger partial charge in [-0.15, -0.1) is 0 Å². The van der Waals surface area contributed by atoms with Crippen LogP contribution in [0.25, 0.3) is 0 Å². The Hall–Kier alpha value is -1.34. The van der Waals surface area contributed by atoms with Gasteiger partial charge in [-0.1, -0.05) is 18.5 Å². The molecule has 0 aliphatic rings. The second-order valence-electron chi connectivity index (χ2n) is 4.20. The highest BCUT2D eigenvalue weighted by Gasteiger charge is 2.30. The summed E-state index contributed by atoms with van der Waals surface area (Å²) in [6, 6.07) is 2.31. The molecule has 0 saturated heterocycles. The summed E-state index contributed by atoms with van der Waals surface area (Å²) in [6.45, 7) is 3.65. The molecule has 2 heterocycles. The number of nitrogens with zero attached hydrogens (tertiary/aromatic N) is 3. The third kappa shape index (κ3) is 3.85. The second-order valence-corrected chi connectivity index (χ2v) is 5.57. The summed E-state index contributed by atoms with van der Waals surface area (Å²) < 4.78 is 37.4. The van der Waals surface area contributed by atoms with E-state index in [0.717, 1.165) is 24.0 Å². The van der Waals surface area contributed by atoms with E-state index in [-0.39, 0.29) is 0 Å². The van der Waals surface area contributed by atoms with E-state index < -0.39 is 11.7 Å². The lowest BCUT2D eigenvalue weighted by Gasteiger charge is -2.09. The number of hydrogen-bond acceptors (Lipinski definition) is 4. The summed E-state index contributed by atoms with van der Waals surface area (Å²) in [4.78, 5) is 12.2. The third-order valence-electron chi connectivity index (χ3n) is 2.67. The molecule has 112 valence electrons. The van der Waals surface area contributed by atoms with Gasteiger partial charge in [0.25, 0.3) is 0 Å². The Labute approximate surface area is 129 Å². The van der Waals surface area contributed by atoms with Crippen LogP contribution < -0.4 is 0 Å². The summed E-state index contributed by atoms with van der Waals surface area (Å²) in [5, 5.41) is 1.36. The Morgan fingerprint density at radius 3 is 2.48 bits per heavy atom. The third-order valence-corrected chi connectivity index (χ3v) is 4.08. The average molecular weight is 334 g/mol. The minimum atomic E-state index is -4.39. The van der Waals surface area contributed by atoms with Gasteiger partial charge in [-0.3, -0.25) is 0 Å². The van der Waals surface area contributed by atoms with E-state index in [1.807, 2.05) is 6.92 Å². The largest absolute Gasteiger partial charge is 0.417 e. The van der Waals surface area contributed by atoms with Crippen LogP contribution in [0.3, 0.4) is 0 Å². The van der Waals surface area contributed by atoms with E-state index in [1.165, 1.54) is 6.07 Å². The molecular formula is C13H11ClF3N3S. The van der Waals surface area contributed by atoms with Gasteiger partial charge in [0.15, 0.2) is 0 Å². The van der Waals surface area contributed by atoms with E-state index in [1.54, 1.807) is 6.92 Å². The monoisotopic (exact) mass is 333 g/mol. The zero-order valence-electron chi connectivity index (χ0n) is 11.2. The Bertz CT molecular complexity index is 644. The number of hydrogen-bond donors (Lipinski definition) is 0.